The summed E-state index contributed by atoms with van der Waals surface area (Å²) in [5.74, 6) is 0.423. The van der Waals surface area contributed by atoms with Gasteiger partial charge in [0.1, 0.15) is 18.0 Å². The van der Waals surface area contributed by atoms with Crippen LogP contribution >= 0.6 is 13.5 Å². The third kappa shape index (κ3) is 6.76. The molecule has 220 valence electrons. The number of piperidine rings is 1. The van der Waals surface area contributed by atoms with Crippen LogP contribution in [-0.2, 0) is 4.79 Å². The zero-order chi connectivity index (χ0) is 28.9. The molecule has 1 fully saturated rings. The Morgan fingerprint density at radius 2 is 1.83 bits per heavy atom. The number of rotatable bonds is 8. The van der Waals surface area contributed by atoms with Crippen molar-refractivity contribution in [2.75, 3.05) is 37.3 Å². The molecule has 3 N–H and O–H groups in total. The van der Waals surface area contributed by atoms with Crippen LogP contribution in [0.1, 0.15) is 48.5 Å². The van der Waals surface area contributed by atoms with Gasteiger partial charge in [0.25, 0.3) is 5.91 Å². The molecule has 1 atom stereocenters. The molecule has 0 saturated carbocycles. The van der Waals surface area contributed by atoms with Crippen LogP contribution in [0.25, 0.3) is 22.2 Å². The number of pyridine rings is 2. The molecule has 10 nitrogen and oxygen atoms in total. The summed E-state index contributed by atoms with van der Waals surface area (Å²) in [6.45, 7) is 5.70. The SMILES string of the molecule is CNC(=O)c1c(F)cnc2c([C@H](C)CNc3cc(-c4ccc(NC5CCN(C(C)=O)CC5)nc4)ncn3)cccc12.S. The Morgan fingerprint density at radius 1 is 1.05 bits per heavy atom. The number of nitrogens with zero attached hydrogens (tertiary/aromatic N) is 5. The molecule has 3 aromatic heterocycles. The van der Waals surface area contributed by atoms with E-state index in [0.717, 1.165) is 54.8 Å². The summed E-state index contributed by atoms with van der Waals surface area (Å²) < 4.78 is 14.4. The Morgan fingerprint density at radius 3 is 2.52 bits per heavy atom. The molecule has 1 aromatic carbocycles. The fourth-order valence-electron chi connectivity index (χ4n) is 5.13. The molecule has 4 heterocycles. The van der Waals surface area contributed by atoms with E-state index in [9.17, 15) is 14.0 Å². The van der Waals surface area contributed by atoms with Crippen molar-refractivity contribution in [2.24, 2.45) is 0 Å². The second kappa shape index (κ2) is 13.6. The zero-order valence-corrected chi connectivity index (χ0v) is 24.8. The first kappa shape index (κ1) is 30.6. The van der Waals surface area contributed by atoms with E-state index in [2.05, 4.69) is 35.9 Å². The number of nitrogens with one attached hydrogen (secondary N) is 3. The van der Waals surface area contributed by atoms with Crippen molar-refractivity contribution in [2.45, 2.75) is 38.6 Å². The van der Waals surface area contributed by atoms with Crippen molar-refractivity contribution in [1.29, 1.82) is 0 Å². The molecule has 12 heteroatoms. The van der Waals surface area contributed by atoms with Gasteiger partial charge < -0.3 is 20.9 Å². The maximum Gasteiger partial charge on any atom is 0.254 e. The molecule has 1 aliphatic rings. The van der Waals surface area contributed by atoms with Crippen molar-refractivity contribution in [3.63, 3.8) is 0 Å². The standard InChI is InChI=1S/C30H33FN8O2.H2S/c1-18(22-5-4-6-23-28(30(41)32-3)24(31)16-35-29(22)23)14-33-27-13-25(36-17-37-27)20-7-8-26(34-15-20)38-21-9-11-39(12-10-21)19(2)40;/h4-8,13,15-18,21H,9-12,14H2,1-3H3,(H,32,41)(H,34,38)(H,33,36,37);1H2/t18-;/m1./s1. The van der Waals surface area contributed by atoms with Crippen molar-refractivity contribution >= 4 is 47.8 Å². The van der Waals surface area contributed by atoms with Crippen LogP contribution in [-0.4, -0.2) is 69.4 Å². The summed E-state index contributed by atoms with van der Waals surface area (Å²) in [6.07, 6.45) is 6.17. The fraction of sp³-hybridized carbons (Fsp3) is 0.333. The maximum absolute atomic E-state index is 14.4. The minimum absolute atomic E-state index is 0. The lowest BCUT2D eigenvalue weighted by molar-refractivity contribution is -0.129. The van der Waals surface area contributed by atoms with E-state index in [1.54, 1.807) is 19.2 Å². The largest absolute Gasteiger partial charge is 0.369 e. The topological polar surface area (TPSA) is 125 Å². The third-order valence-corrected chi connectivity index (χ3v) is 7.48. The Labute approximate surface area is 251 Å². The minimum Gasteiger partial charge on any atom is -0.369 e. The first-order chi connectivity index (χ1) is 19.8. The lowest BCUT2D eigenvalue weighted by atomic mass is 9.96. The normalized spacial score (nSPS) is 14.1. The molecule has 0 spiro atoms. The van der Waals surface area contributed by atoms with Gasteiger partial charge in [0.2, 0.25) is 5.91 Å². The number of fused-ring (bicyclic) bond motifs is 1. The van der Waals surface area contributed by atoms with E-state index in [0.29, 0.717) is 23.3 Å². The molecule has 0 bridgehead atoms. The highest BCUT2D eigenvalue weighted by molar-refractivity contribution is 7.59. The smallest absolute Gasteiger partial charge is 0.254 e. The number of amides is 2. The number of hydrogen-bond donors (Lipinski definition) is 3. The lowest BCUT2D eigenvalue weighted by Crippen LogP contribution is -2.41. The van der Waals surface area contributed by atoms with Crippen LogP contribution < -0.4 is 16.0 Å². The predicted octanol–water partition coefficient (Wildman–Crippen LogP) is 4.34. The summed E-state index contributed by atoms with van der Waals surface area (Å²) >= 11 is 0. The summed E-state index contributed by atoms with van der Waals surface area (Å²) in [7, 11) is 1.48. The van der Waals surface area contributed by atoms with Gasteiger partial charge in [-0.05, 0) is 30.5 Å². The average molecular weight is 591 g/mol. The van der Waals surface area contributed by atoms with Crippen LogP contribution in [0.5, 0.6) is 0 Å². The second-order valence-corrected chi connectivity index (χ2v) is 10.2. The van der Waals surface area contributed by atoms with Gasteiger partial charge >= 0.3 is 0 Å². The summed E-state index contributed by atoms with van der Waals surface area (Å²) in [5.41, 5.74) is 3.08. The fourth-order valence-corrected chi connectivity index (χ4v) is 5.13. The monoisotopic (exact) mass is 590 g/mol. The van der Waals surface area contributed by atoms with Crippen LogP contribution in [0.15, 0.2) is 55.1 Å². The number of halogens is 1. The predicted molar refractivity (Wildman–Crippen MR) is 167 cm³/mol. The number of carbonyl (C=O) groups is 2. The van der Waals surface area contributed by atoms with Crippen LogP contribution in [0, 0.1) is 5.82 Å². The highest BCUT2D eigenvalue weighted by atomic mass is 32.1. The van der Waals surface area contributed by atoms with E-state index < -0.39 is 11.7 Å². The van der Waals surface area contributed by atoms with E-state index in [-0.39, 0.29) is 36.9 Å². The minimum atomic E-state index is -0.651. The molecule has 4 aromatic rings. The molecule has 42 heavy (non-hydrogen) atoms. The molecular weight excluding hydrogens is 555 g/mol. The van der Waals surface area contributed by atoms with Gasteiger partial charge in [0.05, 0.1) is 23.0 Å². The van der Waals surface area contributed by atoms with Gasteiger partial charge in [0.15, 0.2) is 5.82 Å². The Balaban J connectivity index is 0.00000405. The number of para-hydroxylation sites is 1. The Hall–Kier alpha value is -4.32. The number of hydrogen-bond acceptors (Lipinski definition) is 8. The summed E-state index contributed by atoms with van der Waals surface area (Å²) in [5, 5.41) is 9.80. The maximum atomic E-state index is 14.4. The van der Waals surface area contributed by atoms with Crippen molar-refractivity contribution in [3.8, 4) is 11.3 Å². The number of anilines is 2. The van der Waals surface area contributed by atoms with Crippen molar-refractivity contribution in [3.05, 3.63) is 72.1 Å². The second-order valence-electron chi connectivity index (χ2n) is 10.2. The lowest BCUT2D eigenvalue weighted by Gasteiger charge is -2.31. The number of likely N-dealkylation sites (tertiary alicyclic amines) is 1. The first-order valence-electron chi connectivity index (χ1n) is 13.7. The quantitative estimate of drug-likeness (QED) is 0.277. The van der Waals surface area contributed by atoms with Gasteiger partial charge in [-0.3, -0.25) is 14.6 Å². The molecule has 0 aliphatic carbocycles. The number of carbonyl (C=O) groups excluding carboxylic acids is 2. The zero-order valence-electron chi connectivity index (χ0n) is 23.8. The average Bonchev–Trinajstić information content (AvgIpc) is 3.00. The van der Waals surface area contributed by atoms with Crippen molar-refractivity contribution in [1.82, 2.24) is 30.2 Å². The van der Waals surface area contributed by atoms with Gasteiger partial charge in [0, 0.05) is 68.8 Å². The highest BCUT2D eigenvalue weighted by Crippen LogP contribution is 2.28. The van der Waals surface area contributed by atoms with E-state index in [4.69, 9.17) is 0 Å². The van der Waals surface area contributed by atoms with Crippen LogP contribution in [0.4, 0.5) is 16.0 Å². The van der Waals surface area contributed by atoms with Gasteiger partial charge in [-0.15, -0.1) is 0 Å². The van der Waals surface area contributed by atoms with Gasteiger partial charge in [-0.2, -0.15) is 13.5 Å². The molecule has 5 rings (SSSR count). The summed E-state index contributed by atoms with van der Waals surface area (Å²) in [6, 6.07) is 11.5. The molecule has 1 aliphatic heterocycles. The van der Waals surface area contributed by atoms with Crippen LogP contribution in [0.3, 0.4) is 0 Å². The van der Waals surface area contributed by atoms with Gasteiger partial charge in [-0.25, -0.2) is 19.3 Å². The molecule has 2 amide bonds. The van der Waals surface area contributed by atoms with Gasteiger partial charge in [-0.1, -0.05) is 25.1 Å². The van der Waals surface area contributed by atoms with E-state index >= 15 is 0 Å². The summed E-state index contributed by atoms with van der Waals surface area (Å²) in [4.78, 5) is 43.4. The molecule has 1 saturated heterocycles. The first-order valence-corrected chi connectivity index (χ1v) is 13.7. The molecule has 0 unspecified atom stereocenters. The van der Waals surface area contributed by atoms with Crippen LogP contribution in [0.2, 0.25) is 0 Å². The number of aromatic nitrogens is 4. The molecule has 0 radical (unpaired) electrons. The molecular formula is C30H35FN8O2S. The number of benzene rings is 1. The van der Waals surface area contributed by atoms with E-state index in [1.807, 2.05) is 42.2 Å². The highest BCUT2D eigenvalue weighted by Gasteiger charge is 2.21. The Kier molecular flexibility index (Phi) is 9.89. The third-order valence-electron chi connectivity index (χ3n) is 7.48. The van der Waals surface area contributed by atoms with Crippen molar-refractivity contribution < 1.29 is 14.0 Å². The van der Waals surface area contributed by atoms with E-state index in [1.165, 1.54) is 13.4 Å². The Bertz CT molecular complexity index is 1560.